The summed E-state index contributed by atoms with van der Waals surface area (Å²) in [6.45, 7) is 11.5. The van der Waals surface area contributed by atoms with E-state index in [1.165, 1.54) is 34.9 Å². The number of fused-ring (bicyclic) bond motifs is 1. The second-order valence-electron chi connectivity index (χ2n) is 8.60. The normalized spacial score (nSPS) is 15.5. The van der Waals surface area contributed by atoms with E-state index in [1.54, 1.807) is 0 Å². The molecule has 1 fully saturated rings. The first kappa shape index (κ1) is 20.0. The molecule has 29 heavy (non-hydrogen) atoms. The molecule has 2 aromatic heterocycles. The van der Waals surface area contributed by atoms with E-state index in [-0.39, 0.29) is 5.56 Å². The molecule has 0 spiro atoms. The third-order valence-electron chi connectivity index (χ3n) is 6.42. The van der Waals surface area contributed by atoms with Crippen molar-refractivity contribution in [3.05, 3.63) is 57.5 Å². The number of benzene rings is 1. The molecule has 1 aromatic carbocycles. The molecule has 0 unspecified atom stereocenters. The van der Waals surface area contributed by atoms with Gasteiger partial charge in [-0.15, -0.1) is 0 Å². The summed E-state index contributed by atoms with van der Waals surface area (Å²) >= 11 is 0. The summed E-state index contributed by atoms with van der Waals surface area (Å²) in [5.41, 5.74) is 7.30. The van der Waals surface area contributed by atoms with Crippen molar-refractivity contribution in [1.82, 2.24) is 14.9 Å². The molecule has 1 aliphatic rings. The zero-order chi connectivity index (χ0) is 20.5. The first-order valence-corrected chi connectivity index (χ1v) is 11.1. The van der Waals surface area contributed by atoms with Gasteiger partial charge in [-0.3, -0.25) is 4.79 Å². The van der Waals surface area contributed by atoms with Gasteiger partial charge in [0.15, 0.2) is 0 Å². The highest BCUT2D eigenvalue weighted by atomic mass is 16.1. The summed E-state index contributed by atoms with van der Waals surface area (Å²) in [5.74, 6) is 1.04. The number of aromatic nitrogens is 2. The predicted molar refractivity (Wildman–Crippen MR) is 122 cm³/mol. The summed E-state index contributed by atoms with van der Waals surface area (Å²) in [6, 6.07) is 9.04. The van der Waals surface area contributed by atoms with E-state index in [1.807, 2.05) is 17.7 Å². The Balaban J connectivity index is 1.89. The van der Waals surface area contributed by atoms with Crippen molar-refractivity contribution in [1.29, 1.82) is 0 Å². The Labute approximate surface area is 173 Å². The quantitative estimate of drug-likeness (QED) is 0.630. The molecule has 154 valence electrons. The maximum absolute atomic E-state index is 12.6. The van der Waals surface area contributed by atoms with Crippen LogP contribution in [0.4, 0.5) is 0 Å². The summed E-state index contributed by atoms with van der Waals surface area (Å²) < 4.78 is 1.84. The number of aryl methyl sites for hydroxylation is 2. The van der Waals surface area contributed by atoms with Gasteiger partial charge in [-0.2, -0.15) is 0 Å². The molecule has 0 atom stereocenters. The van der Waals surface area contributed by atoms with Gasteiger partial charge in [0, 0.05) is 34.8 Å². The molecular formula is C25H33N3O. The highest BCUT2D eigenvalue weighted by Gasteiger charge is 2.20. The molecule has 1 saturated heterocycles. The van der Waals surface area contributed by atoms with Crippen LogP contribution in [0.3, 0.4) is 0 Å². The van der Waals surface area contributed by atoms with Crippen LogP contribution in [0.5, 0.6) is 0 Å². The molecule has 0 radical (unpaired) electrons. The lowest BCUT2D eigenvalue weighted by Crippen LogP contribution is -2.26. The zero-order valence-corrected chi connectivity index (χ0v) is 18.1. The van der Waals surface area contributed by atoms with Crippen LogP contribution in [0.25, 0.3) is 22.2 Å². The Hall–Kier alpha value is -2.33. The Morgan fingerprint density at radius 1 is 1.14 bits per heavy atom. The minimum atomic E-state index is 0.133. The standard InChI is InChI=1S/C25H33N3O/c1-5-17-13-20(15-28(6-2)25(17)29)24-23(16(3)4)21-14-19(7-8-22(21)27-24)18-9-11-26-12-10-18/h7-8,13-16,18,26-27H,5-6,9-12H2,1-4H3. The fraction of sp³-hybridized carbons (Fsp3) is 0.480. The number of pyridine rings is 1. The lowest BCUT2D eigenvalue weighted by molar-refractivity contribution is 0.460. The molecule has 4 heteroatoms. The van der Waals surface area contributed by atoms with Crippen molar-refractivity contribution in [2.75, 3.05) is 13.1 Å². The fourth-order valence-electron chi connectivity index (χ4n) is 4.79. The van der Waals surface area contributed by atoms with Gasteiger partial charge in [-0.1, -0.05) is 26.8 Å². The summed E-state index contributed by atoms with van der Waals surface area (Å²) in [6.07, 6.45) is 5.19. The third kappa shape index (κ3) is 3.66. The van der Waals surface area contributed by atoms with Gasteiger partial charge in [-0.25, -0.2) is 0 Å². The molecule has 1 aliphatic heterocycles. The molecule has 0 saturated carbocycles. The number of nitrogens with zero attached hydrogens (tertiary/aromatic N) is 1. The van der Waals surface area contributed by atoms with Gasteiger partial charge in [0.25, 0.3) is 5.56 Å². The Morgan fingerprint density at radius 2 is 1.90 bits per heavy atom. The topological polar surface area (TPSA) is 49.8 Å². The maximum Gasteiger partial charge on any atom is 0.253 e. The van der Waals surface area contributed by atoms with E-state index in [2.05, 4.69) is 55.3 Å². The van der Waals surface area contributed by atoms with E-state index in [9.17, 15) is 4.79 Å². The average Bonchev–Trinajstić information content (AvgIpc) is 3.13. The number of hydrogen-bond acceptors (Lipinski definition) is 2. The van der Waals surface area contributed by atoms with E-state index < -0.39 is 0 Å². The molecular weight excluding hydrogens is 358 g/mol. The molecule has 2 N–H and O–H groups in total. The number of rotatable bonds is 5. The zero-order valence-electron chi connectivity index (χ0n) is 18.1. The van der Waals surface area contributed by atoms with Crippen molar-refractivity contribution in [3.63, 3.8) is 0 Å². The maximum atomic E-state index is 12.6. The van der Waals surface area contributed by atoms with Crippen molar-refractivity contribution in [2.24, 2.45) is 0 Å². The molecule has 4 nitrogen and oxygen atoms in total. The molecule has 3 heterocycles. The van der Waals surface area contributed by atoms with Crippen molar-refractivity contribution in [3.8, 4) is 11.3 Å². The number of piperidine rings is 1. The number of nitrogens with one attached hydrogen (secondary N) is 2. The van der Waals surface area contributed by atoms with E-state index in [0.717, 1.165) is 36.3 Å². The summed E-state index contributed by atoms with van der Waals surface area (Å²) in [7, 11) is 0. The first-order valence-electron chi connectivity index (χ1n) is 11.1. The third-order valence-corrected chi connectivity index (χ3v) is 6.42. The van der Waals surface area contributed by atoms with Gasteiger partial charge in [0.1, 0.15) is 0 Å². The highest BCUT2D eigenvalue weighted by Crippen LogP contribution is 2.37. The monoisotopic (exact) mass is 391 g/mol. The molecule has 0 aliphatic carbocycles. The number of H-pyrrole nitrogens is 1. The number of aromatic amines is 1. The minimum absolute atomic E-state index is 0.133. The summed E-state index contributed by atoms with van der Waals surface area (Å²) in [4.78, 5) is 16.3. The molecule has 0 bridgehead atoms. The lowest BCUT2D eigenvalue weighted by Gasteiger charge is -2.23. The van der Waals surface area contributed by atoms with E-state index >= 15 is 0 Å². The van der Waals surface area contributed by atoms with Crippen LogP contribution in [0.2, 0.25) is 0 Å². The van der Waals surface area contributed by atoms with Gasteiger partial charge < -0.3 is 14.9 Å². The summed E-state index contributed by atoms with van der Waals surface area (Å²) in [5, 5.41) is 4.80. The Morgan fingerprint density at radius 3 is 2.55 bits per heavy atom. The largest absolute Gasteiger partial charge is 0.354 e. The van der Waals surface area contributed by atoms with Gasteiger partial charge in [0.05, 0.1) is 5.69 Å². The predicted octanol–water partition coefficient (Wildman–Crippen LogP) is 5.17. The molecule has 4 rings (SSSR count). The van der Waals surface area contributed by atoms with Crippen molar-refractivity contribution >= 4 is 10.9 Å². The lowest BCUT2D eigenvalue weighted by atomic mass is 9.88. The smallest absolute Gasteiger partial charge is 0.253 e. The molecule has 0 amide bonds. The van der Waals surface area contributed by atoms with E-state index in [0.29, 0.717) is 18.4 Å². The van der Waals surface area contributed by atoms with Crippen molar-refractivity contribution in [2.45, 2.75) is 65.3 Å². The second kappa shape index (κ2) is 8.19. The van der Waals surface area contributed by atoms with Crippen LogP contribution < -0.4 is 10.9 Å². The Bertz CT molecular complexity index is 1040. The van der Waals surface area contributed by atoms with Crippen LogP contribution >= 0.6 is 0 Å². The average molecular weight is 392 g/mol. The second-order valence-corrected chi connectivity index (χ2v) is 8.60. The fourth-order valence-corrected chi connectivity index (χ4v) is 4.79. The number of hydrogen-bond donors (Lipinski definition) is 2. The van der Waals surface area contributed by atoms with Crippen LogP contribution in [0.15, 0.2) is 35.3 Å². The van der Waals surface area contributed by atoms with Crippen molar-refractivity contribution < 1.29 is 0 Å². The van der Waals surface area contributed by atoms with Gasteiger partial charge in [-0.05, 0) is 80.4 Å². The van der Waals surface area contributed by atoms with Crippen LogP contribution in [-0.4, -0.2) is 22.6 Å². The van der Waals surface area contributed by atoms with Crippen LogP contribution in [0, 0.1) is 0 Å². The van der Waals surface area contributed by atoms with E-state index in [4.69, 9.17) is 0 Å². The van der Waals surface area contributed by atoms with Gasteiger partial charge >= 0.3 is 0 Å². The SMILES string of the molecule is CCc1cc(-c2[nH]c3ccc(C4CCNCC4)cc3c2C(C)C)cn(CC)c1=O. The minimum Gasteiger partial charge on any atom is -0.354 e. The molecule has 3 aromatic rings. The van der Waals surface area contributed by atoms with Crippen LogP contribution in [0.1, 0.15) is 69.1 Å². The first-order chi connectivity index (χ1) is 14.0. The van der Waals surface area contributed by atoms with Crippen LogP contribution in [-0.2, 0) is 13.0 Å². The van der Waals surface area contributed by atoms with Gasteiger partial charge in [0.2, 0.25) is 0 Å². The Kier molecular flexibility index (Phi) is 5.64. The highest BCUT2D eigenvalue weighted by molar-refractivity contribution is 5.92.